The van der Waals surface area contributed by atoms with Gasteiger partial charge < -0.3 is 4.90 Å². The molecule has 2 aromatic carbocycles. The maximum absolute atomic E-state index is 13.5. The molecule has 1 aromatic heterocycles. The van der Waals surface area contributed by atoms with Gasteiger partial charge in [-0.15, -0.1) is 0 Å². The number of fused-ring (bicyclic) bond motifs is 1. The van der Waals surface area contributed by atoms with E-state index in [4.69, 9.17) is 0 Å². The van der Waals surface area contributed by atoms with Crippen molar-refractivity contribution in [3.8, 4) is 0 Å². The molecule has 2 aliphatic heterocycles. The Morgan fingerprint density at radius 3 is 2.26 bits per heavy atom. The topological polar surface area (TPSA) is 79.6 Å². The predicted molar refractivity (Wildman–Crippen MR) is 132 cm³/mol. The number of likely N-dealkylation sites (tertiary alicyclic amines) is 1. The molecule has 2 fully saturated rings. The zero-order valence-electron chi connectivity index (χ0n) is 20.1. The van der Waals surface area contributed by atoms with Crippen LogP contribution < -0.4 is 10.5 Å². The molecule has 0 bridgehead atoms. The lowest BCUT2D eigenvalue weighted by Crippen LogP contribution is -2.46. The van der Waals surface area contributed by atoms with E-state index in [1.807, 2.05) is 4.90 Å². The molecule has 1 spiro atoms. The summed E-state index contributed by atoms with van der Waals surface area (Å²) in [5.74, 6) is -1.73. The van der Waals surface area contributed by atoms with Crippen molar-refractivity contribution >= 4 is 32.2 Å². The molecule has 0 N–H and O–H groups in total. The number of anilines is 1. The Morgan fingerprint density at radius 1 is 1.00 bits per heavy atom. The van der Waals surface area contributed by atoms with Crippen LogP contribution in [-0.2, 0) is 12.7 Å². The number of hydrogen-bond donors (Lipinski definition) is 0. The lowest BCUT2D eigenvalue weighted by Gasteiger charge is -2.47. The Morgan fingerprint density at radius 2 is 1.66 bits per heavy atom. The van der Waals surface area contributed by atoms with Gasteiger partial charge in [-0.25, -0.2) is 8.78 Å². The van der Waals surface area contributed by atoms with Gasteiger partial charge in [0.2, 0.25) is 0 Å². The number of non-ortho nitro benzene ring substituents is 1. The Bertz CT molecular complexity index is 1440. The average Bonchev–Trinajstić information content (AvgIpc) is 2.87. The fourth-order valence-corrected chi connectivity index (χ4v) is 6.45. The first-order valence-corrected chi connectivity index (χ1v) is 12.9. The van der Waals surface area contributed by atoms with Crippen molar-refractivity contribution in [2.24, 2.45) is 5.41 Å². The van der Waals surface area contributed by atoms with Gasteiger partial charge in [-0.05, 0) is 68.0 Å². The molecule has 0 amide bonds. The number of aromatic nitrogens is 1. The third-order valence-corrected chi connectivity index (χ3v) is 8.78. The summed E-state index contributed by atoms with van der Waals surface area (Å²) in [6.45, 7) is 3.25. The molecule has 0 unspecified atom stereocenters. The van der Waals surface area contributed by atoms with Crippen molar-refractivity contribution in [1.82, 2.24) is 9.88 Å². The van der Waals surface area contributed by atoms with Crippen LogP contribution in [0, 0.1) is 27.2 Å². The average molecular weight is 555 g/mol. The highest BCUT2D eigenvalue weighted by atomic mass is 32.1. The van der Waals surface area contributed by atoms with E-state index < -0.39 is 44.9 Å². The second-order valence-corrected chi connectivity index (χ2v) is 10.9. The van der Waals surface area contributed by atoms with Crippen molar-refractivity contribution < 1.29 is 26.9 Å². The second-order valence-electron chi connectivity index (χ2n) is 9.94. The molecule has 3 heterocycles. The van der Waals surface area contributed by atoms with Gasteiger partial charge in [0, 0.05) is 25.7 Å². The Balaban J connectivity index is 1.28. The summed E-state index contributed by atoms with van der Waals surface area (Å²) < 4.78 is 66.3. The summed E-state index contributed by atoms with van der Waals surface area (Å²) in [4.78, 5) is 31.3. The molecule has 0 aliphatic carbocycles. The smallest absolute Gasteiger partial charge is 0.348 e. The highest BCUT2D eigenvalue weighted by Gasteiger charge is 2.39. The van der Waals surface area contributed by atoms with E-state index in [2.05, 4.69) is 9.88 Å². The van der Waals surface area contributed by atoms with E-state index in [9.17, 15) is 36.9 Å². The molecule has 2 saturated heterocycles. The van der Waals surface area contributed by atoms with Crippen molar-refractivity contribution in [3.05, 3.63) is 73.6 Å². The number of halogens is 5. The van der Waals surface area contributed by atoms with Crippen LogP contribution >= 0.6 is 11.3 Å². The van der Waals surface area contributed by atoms with Gasteiger partial charge in [0.15, 0.2) is 16.8 Å². The molecular formula is C25H23F5N4O3S. The Labute approximate surface area is 217 Å². The van der Waals surface area contributed by atoms with Crippen LogP contribution in [0.25, 0.3) is 10.1 Å². The van der Waals surface area contributed by atoms with Crippen LogP contribution in [0.4, 0.5) is 32.8 Å². The minimum atomic E-state index is -4.83. The van der Waals surface area contributed by atoms with Gasteiger partial charge >= 0.3 is 6.18 Å². The number of nitro benzene ring substituents is 1. The van der Waals surface area contributed by atoms with Gasteiger partial charge in [-0.1, -0.05) is 17.4 Å². The first kappa shape index (κ1) is 26.4. The number of piperidine rings is 2. The summed E-state index contributed by atoms with van der Waals surface area (Å²) in [6, 6.07) is 5.01. The fraction of sp³-hybridized carbons (Fsp3) is 0.440. The standard InChI is InChI=1S/C25H23F5N4O3S/c26-18-2-1-15(11-19(18)27)14-32-7-3-24(4-8-32)5-9-33(10-6-24)23-31-22(35)17-12-16(25(28,29)30)13-20(34(36)37)21(17)38-23/h1-2,11-13H,3-10,14H2. The largest absolute Gasteiger partial charge is 0.416 e. The summed E-state index contributed by atoms with van der Waals surface area (Å²) in [5, 5.41) is 11.4. The third kappa shape index (κ3) is 5.21. The molecule has 5 rings (SSSR count). The molecule has 38 heavy (non-hydrogen) atoms. The van der Waals surface area contributed by atoms with Crippen LogP contribution in [-0.4, -0.2) is 41.0 Å². The monoisotopic (exact) mass is 554 g/mol. The molecule has 0 saturated carbocycles. The molecule has 7 nitrogen and oxygen atoms in total. The number of nitrogens with zero attached hydrogens (tertiary/aromatic N) is 4. The lowest BCUT2D eigenvalue weighted by molar-refractivity contribution is -0.383. The summed E-state index contributed by atoms with van der Waals surface area (Å²) >= 11 is 0.861. The number of alkyl halides is 3. The van der Waals surface area contributed by atoms with Gasteiger partial charge in [0.1, 0.15) is 4.70 Å². The molecule has 202 valence electrons. The van der Waals surface area contributed by atoms with Gasteiger partial charge in [-0.3, -0.25) is 19.8 Å². The van der Waals surface area contributed by atoms with Crippen LogP contribution in [0.3, 0.4) is 0 Å². The zero-order valence-corrected chi connectivity index (χ0v) is 20.9. The third-order valence-electron chi connectivity index (χ3n) is 7.62. The summed E-state index contributed by atoms with van der Waals surface area (Å²) in [6.07, 6.45) is -1.39. The fourth-order valence-electron chi connectivity index (χ4n) is 5.33. The van der Waals surface area contributed by atoms with E-state index in [1.165, 1.54) is 6.07 Å². The zero-order chi connectivity index (χ0) is 27.2. The number of nitro groups is 1. The maximum atomic E-state index is 13.5. The highest BCUT2D eigenvalue weighted by molar-refractivity contribution is 7.22. The minimum Gasteiger partial charge on any atom is -0.348 e. The first-order chi connectivity index (χ1) is 17.9. The predicted octanol–water partition coefficient (Wildman–Crippen LogP) is 5.74. The second kappa shape index (κ2) is 9.84. The number of benzene rings is 2. The number of hydrogen-bond acceptors (Lipinski definition) is 7. The van der Waals surface area contributed by atoms with Crippen LogP contribution in [0.2, 0.25) is 0 Å². The van der Waals surface area contributed by atoms with E-state index in [0.717, 1.165) is 56.2 Å². The van der Waals surface area contributed by atoms with Gasteiger partial charge in [0.05, 0.1) is 15.9 Å². The molecule has 3 aromatic rings. The molecule has 13 heteroatoms. The van der Waals surface area contributed by atoms with Crippen molar-refractivity contribution in [1.29, 1.82) is 0 Å². The first-order valence-electron chi connectivity index (χ1n) is 12.1. The van der Waals surface area contributed by atoms with Crippen molar-refractivity contribution in [2.45, 2.75) is 38.4 Å². The van der Waals surface area contributed by atoms with Gasteiger partial charge in [0.25, 0.3) is 11.2 Å². The van der Waals surface area contributed by atoms with Crippen LogP contribution in [0.5, 0.6) is 0 Å². The molecule has 0 radical (unpaired) electrons. The summed E-state index contributed by atoms with van der Waals surface area (Å²) in [5.41, 5.74) is -2.15. The quantitative estimate of drug-likeness (QED) is 0.232. The van der Waals surface area contributed by atoms with Gasteiger partial charge in [-0.2, -0.15) is 18.2 Å². The molecular weight excluding hydrogens is 531 g/mol. The van der Waals surface area contributed by atoms with E-state index in [1.54, 1.807) is 6.07 Å². The Hall–Kier alpha value is -3.19. The van der Waals surface area contributed by atoms with E-state index in [0.29, 0.717) is 37.3 Å². The van der Waals surface area contributed by atoms with Crippen molar-refractivity contribution in [3.63, 3.8) is 0 Å². The normalized spacial score (nSPS) is 18.3. The SMILES string of the molecule is O=c1nc(N2CCC3(CCN(Cc4ccc(F)c(F)c4)CC3)CC2)sc2c([N+](=O)[O-])cc(C(F)(F)F)cc12. The van der Waals surface area contributed by atoms with Crippen molar-refractivity contribution in [2.75, 3.05) is 31.1 Å². The summed E-state index contributed by atoms with van der Waals surface area (Å²) in [7, 11) is 0. The maximum Gasteiger partial charge on any atom is 0.416 e. The molecule has 0 atom stereocenters. The van der Waals surface area contributed by atoms with E-state index in [-0.39, 0.29) is 15.2 Å². The highest BCUT2D eigenvalue weighted by Crippen LogP contribution is 2.44. The molecule has 2 aliphatic rings. The minimum absolute atomic E-state index is 0.0798. The lowest BCUT2D eigenvalue weighted by atomic mass is 9.71. The Kier molecular flexibility index (Phi) is 6.84. The van der Waals surface area contributed by atoms with Crippen LogP contribution in [0.1, 0.15) is 36.8 Å². The van der Waals surface area contributed by atoms with E-state index >= 15 is 0 Å². The number of rotatable bonds is 4. The van der Waals surface area contributed by atoms with Crippen LogP contribution in [0.15, 0.2) is 35.1 Å².